The molecule has 3 N–H and O–H groups in total. The molecule has 4 nitrogen and oxygen atoms in total. The van der Waals surface area contributed by atoms with Gasteiger partial charge >= 0.3 is 0 Å². The molecule has 0 fully saturated rings. The average molecular weight is 373 g/mol. The van der Waals surface area contributed by atoms with E-state index >= 15 is 0 Å². The lowest BCUT2D eigenvalue weighted by molar-refractivity contribution is -0.111. The van der Waals surface area contributed by atoms with E-state index in [1.807, 2.05) is 0 Å². The summed E-state index contributed by atoms with van der Waals surface area (Å²) in [6.07, 6.45) is 2.97. The van der Waals surface area contributed by atoms with Crippen molar-refractivity contribution in [3.05, 3.63) is 76.5 Å². The fraction of sp³-hybridized carbons (Fsp3) is 0. The van der Waals surface area contributed by atoms with Gasteiger partial charge in [-0.25, -0.2) is 0 Å². The number of nitrogens with one attached hydrogen (secondary N) is 1. The maximum Gasteiger partial charge on any atom is 0.248 e. The highest BCUT2D eigenvalue weighted by Gasteiger charge is 2.08. The van der Waals surface area contributed by atoms with Gasteiger partial charge in [0.2, 0.25) is 5.91 Å². The molecule has 0 unspecified atom stereocenters. The molecule has 6 heteroatoms. The van der Waals surface area contributed by atoms with Crippen molar-refractivity contribution in [3.8, 4) is 11.3 Å². The van der Waals surface area contributed by atoms with E-state index in [0.717, 1.165) is 5.56 Å². The van der Waals surface area contributed by atoms with Crippen molar-refractivity contribution in [2.75, 3.05) is 11.1 Å². The van der Waals surface area contributed by atoms with E-state index < -0.39 is 0 Å². The minimum Gasteiger partial charge on any atom is -0.457 e. The number of rotatable bonds is 4. The fourth-order valence-electron chi connectivity index (χ4n) is 2.18. The van der Waals surface area contributed by atoms with E-state index in [-0.39, 0.29) is 5.91 Å². The van der Waals surface area contributed by atoms with Gasteiger partial charge in [0.1, 0.15) is 11.5 Å². The first-order chi connectivity index (χ1) is 12.0. The molecule has 0 atom stereocenters. The third-order valence-corrected chi connectivity index (χ3v) is 3.95. The molecule has 3 aromatic rings. The predicted octanol–water partition coefficient (Wildman–Crippen LogP) is 5.49. The summed E-state index contributed by atoms with van der Waals surface area (Å²) in [5.74, 6) is 0.862. The van der Waals surface area contributed by atoms with E-state index in [1.54, 1.807) is 60.7 Å². The Kier molecular flexibility index (Phi) is 5.12. The third kappa shape index (κ3) is 4.44. The van der Waals surface area contributed by atoms with Gasteiger partial charge in [-0.1, -0.05) is 23.2 Å². The van der Waals surface area contributed by atoms with Crippen LogP contribution in [0.25, 0.3) is 17.4 Å². The van der Waals surface area contributed by atoms with Crippen molar-refractivity contribution >= 4 is 46.6 Å². The van der Waals surface area contributed by atoms with Gasteiger partial charge < -0.3 is 15.5 Å². The van der Waals surface area contributed by atoms with Crippen LogP contribution in [0.1, 0.15) is 5.76 Å². The summed E-state index contributed by atoms with van der Waals surface area (Å²) in [4.78, 5) is 11.9. The van der Waals surface area contributed by atoms with Gasteiger partial charge in [-0.3, -0.25) is 4.79 Å². The van der Waals surface area contributed by atoms with Crippen LogP contribution in [0.4, 0.5) is 11.4 Å². The summed E-state index contributed by atoms with van der Waals surface area (Å²) in [5, 5.41) is 3.79. The Morgan fingerprint density at radius 3 is 2.52 bits per heavy atom. The number of carbonyl (C=O) groups is 1. The first-order valence-electron chi connectivity index (χ1n) is 7.41. The standard InChI is InChI=1S/C19H14Cl2N2O2/c20-12-1-8-16(17(21)11-12)18-9-6-15(25-18)7-10-19(24)23-14-4-2-13(22)3-5-14/h1-11H,22H2,(H,23,24)/b10-7+. The Morgan fingerprint density at radius 1 is 1.04 bits per heavy atom. The van der Waals surface area contributed by atoms with Gasteiger partial charge in [0.05, 0.1) is 5.02 Å². The van der Waals surface area contributed by atoms with Crippen LogP contribution in [0, 0.1) is 0 Å². The van der Waals surface area contributed by atoms with Crippen LogP contribution < -0.4 is 11.1 Å². The number of benzene rings is 2. The minimum atomic E-state index is -0.271. The molecule has 0 aliphatic rings. The Labute approximate surface area is 154 Å². The van der Waals surface area contributed by atoms with Crippen molar-refractivity contribution < 1.29 is 9.21 Å². The highest BCUT2D eigenvalue weighted by molar-refractivity contribution is 6.36. The van der Waals surface area contributed by atoms with Gasteiger partial charge in [0.15, 0.2) is 0 Å². The number of hydrogen-bond donors (Lipinski definition) is 2. The summed E-state index contributed by atoms with van der Waals surface area (Å²) in [6, 6.07) is 15.6. The molecule has 1 heterocycles. The maximum atomic E-state index is 11.9. The van der Waals surface area contributed by atoms with Crippen molar-refractivity contribution in [1.82, 2.24) is 0 Å². The Balaban J connectivity index is 1.69. The van der Waals surface area contributed by atoms with Crippen molar-refractivity contribution in [3.63, 3.8) is 0 Å². The van der Waals surface area contributed by atoms with Crippen LogP contribution >= 0.6 is 23.2 Å². The first kappa shape index (κ1) is 17.1. The number of furan rings is 1. The molecule has 0 saturated carbocycles. The summed E-state index contributed by atoms with van der Waals surface area (Å²) in [5.41, 5.74) is 7.64. The molecule has 0 aliphatic carbocycles. The Bertz CT molecular complexity index is 931. The third-order valence-electron chi connectivity index (χ3n) is 3.40. The second-order valence-corrected chi connectivity index (χ2v) is 6.11. The molecule has 0 radical (unpaired) electrons. The van der Waals surface area contributed by atoms with E-state index in [0.29, 0.717) is 32.9 Å². The molecule has 3 rings (SSSR count). The number of carbonyl (C=O) groups excluding carboxylic acids is 1. The zero-order valence-corrected chi connectivity index (χ0v) is 14.5. The second-order valence-electron chi connectivity index (χ2n) is 5.27. The van der Waals surface area contributed by atoms with Crippen LogP contribution in [0.5, 0.6) is 0 Å². The molecular formula is C19H14Cl2N2O2. The molecule has 1 amide bonds. The molecule has 0 aliphatic heterocycles. The summed E-state index contributed by atoms with van der Waals surface area (Å²) in [6.45, 7) is 0. The molecule has 25 heavy (non-hydrogen) atoms. The topological polar surface area (TPSA) is 68.3 Å². The lowest BCUT2D eigenvalue weighted by atomic mass is 10.2. The largest absolute Gasteiger partial charge is 0.457 e. The first-order valence-corrected chi connectivity index (χ1v) is 8.17. The number of nitrogens with two attached hydrogens (primary N) is 1. The maximum absolute atomic E-state index is 11.9. The monoisotopic (exact) mass is 372 g/mol. The molecule has 1 aromatic heterocycles. The highest BCUT2D eigenvalue weighted by atomic mass is 35.5. The summed E-state index contributed by atoms with van der Waals surface area (Å²) in [7, 11) is 0. The van der Waals surface area contributed by atoms with Crippen molar-refractivity contribution in [2.24, 2.45) is 0 Å². The Hall–Kier alpha value is -2.69. The summed E-state index contributed by atoms with van der Waals surface area (Å²) < 4.78 is 5.70. The number of anilines is 2. The second kappa shape index (κ2) is 7.47. The smallest absolute Gasteiger partial charge is 0.248 e. The lowest BCUT2D eigenvalue weighted by Gasteiger charge is -2.02. The van der Waals surface area contributed by atoms with Gasteiger partial charge in [-0.15, -0.1) is 0 Å². The minimum absolute atomic E-state index is 0.271. The van der Waals surface area contributed by atoms with Gasteiger partial charge in [0.25, 0.3) is 0 Å². The number of amides is 1. The van der Waals surface area contributed by atoms with Crippen molar-refractivity contribution in [1.29, 1.82) is 0 Å². The molecular weight excluding hydrogens is 359 g/mol. The predicted molar refractivity (Wildman–Crippen MR) is 103 cm³/mol. The average Bonchev–Trinajstić information content (AvgIpc) is 3.04. The van der Waals surface area contributed by atoms with E-state index in [4.69, 9.17) is 33.4 Å². The van der Waals surface area contributed by atoms with E-state index in [9.17, 15) is 4.79 Å². The SMILES string of the molecule is Nc1ccc(NC(=O)/C=C/c2ccc(-c3ccc(Cl)cc3Cl)o2)cc1. The van der Waals surface area contributed by atoms with Crippen LogP contribution in [0.3, 0.4) is 0 Å². The summed E-state index contributed by atoms with van der Waals surface area (Å²) >= 11 is 12.1. The van der Waals surface area contributed by atoms with E-state index in [2.05, 4.69) is 5.32 Å². The molecule has 126 valence electrons. The van der Waals surface area contributed by atoms with Crippen LogP contribution in [0.15, 0.2) is 65.1 Å². The number of halogens is 2. The molecule has 0 spiro atoms. The van der Waals surface area contributed by atoms with Crippen molar-refractivity contribution in [2.45, 2.75) is 0 Å². The van der Waals surface area contributed by atoms with Crippen LogP contribution in [0.2, 0.25) is 10.0 Å². The van der Waals surface area contributed by atoms with E-state index in [1.165, 1.54) is 6.08 Å². The number of hydrogen-bond acceptors (Lipinski definition) is 3. The zero-order valence-electron chi connectivity index (χ0n) is 13.0. The normalized spacial score (nSPS) is 11.0. The lowest BCUT2D eigenvalue weighted by Crippen LogP contribution is -2.07. The quantitative estimate of drug-likeness (QED) is 0.470. The molecule has 0 bridgehead atoms. The highest BCUT2D eigenvalue weighted by Crippen LogP contribution is 2.31. The van der Waals surface area contributed by atoms with Gasteiger partial charge in [0, 0.05) is 28.0 Å². The van der Waals surface area contributed by atoms with Gasteiger partial charge in [-0.05, 0) is 60.7 Å². The fourth-order valence-corrected chi connectivity index (χ4v) is 2.69. The number of nitrogen functional groups attached to an aromatic ring is 1. The molecule has 0 saturated heterocycles. The zero-order chi connectivity index (χ0) is 17.8. The van der Waals surface area contributed by atoms with Gasteiger partial charge in [-0.2, -0.15) is 0 Å². The Morgan fingerprint density at radius 2 is 1.80 bits per heavy atom. The molecule has 2 aromatic carbocycles. The van der Waals surface area contributed by atoms with Crippen LogP contribution in [-0.4, -0.2) is 5.91 Å². The van der Waals surface area contributed by atoms with Crippen LogP contribution in [-0.2, 0) is 4.79 Å².